The molecule has 2 amide bonds. The Hall–Kier alpha value is -2.44. The first-order chi connectivity index (χ1) is 12.9. The highest BCUT2D eigenvalue weighted by molar-refractivity contribution is 6.44. The van der Waals surface area contributed by atoms with Crippen LogP contribution < -0.4 is 19.7 Å². The molecule has 6 nitrogen and oxygen atoms in total. The van der Waals surface area contributed by atoms with Gasteiger partial charge in [0, 0.05) is 19.0 Å². The molecule has 1 atom stereocenters. The number of nitrogens with one attached hydrogen (secondary N) is 1. The van der Waals surface area contributed by atoms with Crippen LogP contribution in [0.15, 0.2) is 36.4 Å². The third-order valence-electron chi connectivity index (χ3n) is 4.38. The zero-order valence-corrected chi connectivity index (χ0v) is 16.3. The van der Waals surface area contributed by atoms with Gasteiger partial charge in [0.1, 0.15) is 11.5 Å². The Morgan fingerprint density at radius 1 is 1.19 bits per heavy atom. The Balaban J connectivity index is 1.77. The molecule has 142 valence electrons. The molecule has 0 bridgehead atoms. The molecule has 0 radical (unpaired) electrons. The van der Waals surface area contributed by atoms with Gasteiger partial charge in [-0.2, -0.15) is 0 Å². The smallest absolute Gasteiger partial charge is 0.229 e. The van der Waals surface area contributed by atoms with E-state index >= 15 is 0 Å². The van der Waals surface area contributed by atoms with E-state index in [1.165, 1.54) is 7.11 Å². The lowest BCUT2D eigenvalue weighted by molar-refractivity contribution is -0.122. The second-order valence-corrected chi connectivity index (χ2v) is 6.82. The summed E-state index contributed by atoms with van der Waals surface area (Å²) in [6, 6.07) is 10.2. The molecule has 0 spiro atoms. The third-order valence-corrected chi connectivity index (χ3v) is 5.20. The van der Waals surface area contributed by atoms with Crippen molar-refractivity contribution in [2.24, 2.45) is 5.92 Å². The molecule has 3 rings (SSSR count). The number of benzene rings is 2. The van der Waals surface area contributed by atoms with Gasteiger partial charge in [0.05, 0.1) is 41.6 Å². The molecule has 1 heterocycles. The van der Waals surface area contributed by atoms with Gasteiger partial charge in [-0.15, -0.1) is 0 Å². The van der Waals surface area contributed by atoms with E-state index in [2.05, 4.69) is 5.32 Å². The van der Waals surface area contributed by atoms with E-state index in [0.29, 0.717) is 27.9 Å². The van der Waals surface area contributed by atoms with Gasteiger partial charge in [0.15, 0.2) is 0 Å². The minimum atomic E-state index is -0.514. The minimum absolute atomic E-state index is 0.0964. The van der Waals surface area contributed by atoms with Gasteiger partial charge in [0.25, 0.3) is 0 Å². The molecule has 0 aromatic heterocycles. The van der Waals surface area contributed by atoms with Gasteiger partial charge < -0.3 is 19.7 Å². The number of methoxy groups -OCH3 is 2. The molecule has 1 saturated heterocycles. The quantitative estimate of drug-likeness (QED) is 0.811. The van der Waals surface area contributed by atoms with Crippen molar-refractivity contribution in [2.45, 2.75) is 6.42 Å². The molecular formula is C19H18Cl2N2O4. The Bertz CT molecular complexity index is 888. The summed E-state index contributed by atoms with van der Waals surface area (Å²) in [6.07, 6.45) is 0.0964. The zero-order chi connectivity index (χ0) is 19.6. The van der Waals surface area contributed by atoms with E-state index in [-0.39, 0.29) is 29.8 Å². The highest BCUT2D eigenvalue weighted by atomic mass is 35.5. The normalized spacial score (nSPS) is 16.4. The summed E-state index contributed by atoms with van der Waals surface area (Å²) >= 11 is 12.1. The van der Waals surface area contributed by atoms with E-state index in [1.807, 2.05) is 0 Å². The maximum absolute atomic E-state index is 12.6. The Morgan fingerprint density at radius 3 is 2.67 bits per heavy atom. The molecule has 2 aromatic carbocycles. The fourth-order valence-corrected chi connectivity index (χ4v) is 3.31. The highest BCUT2D eigenvalue weighted by Crippen LogP contribution is 2.36. The summed E-state index contributed by atoms with van der Waals surface area (Å²) in [6.45, 7) is 0.242. The van der Waals surface area contributed by atoms with E-state index < -0.39 is 5.92 Å². The molecule has 0 saturated carbocycles. The lowest BCUT2D eigenvalue weighted by Gasteiger charge is -2.20. The van der Waals surface area contributed by atoms with Crippen molar-refractivity contribution in [1.82, 2.24) is 0 Å². The van der Waals surface area contributed by atoms with Crippen molar-refractivity contribution in [3.05, 3.63) is 46.4 Å². The van der Waals surface area contributed by atoms with Crippen molar-refractivity contribution in [2.75, 3.05) is 31.0 Å². The summed E-state index contributed by atoms with van der Waals surface area (Å²) < 4.78 is 10.5. The maximum atomic E-state index is 12.6. The predicted molar refractivity (Wildman–Crippen MR) is 105 cm³/mol. The van der Waals surface area contributed by atoms with Gasteiger partial charge in [-0.1, -0.05) is 29.3 Å². The van der Waals surface area contributed by atoms with Gasteiger partial charge >= 0.3 is 0 Å². The van der Waals surface area contributed by atoms with Crippen molar-refractivity contribution >= 4 is 46.4 Å². The largest absolute Gasteiger partial charge is 0.497 e. The van der Waals surface area contributed by atoms with Crippen LogP contribution in [0.1, 0.15) is 6.42 Å². The highest BCUT2D eigenvalue weighted by Gasteiger charge is 2.36. The average molecular weight is 409 g/mol. The van der Waals surface area contributed by atoms with Crippen LogP contribution in [0, 0.1) is 5.92 Å². The molecule has 1 fully saturated rings. The van der Waals surface area contributed by atoms with Gasteiger partial charge in [-0.05, 0) is 24.3 Å². The fraction of sp³-hybridized carbons (Fsp3) is 0.263. The van der Waals surface area contributed by atoms with Gasteiger partial charge in [-0.25, -0.2) is 0 Å². The van der Waals surface area contributed by atoms with E-state index in [0.717, 1.165) is 0 Å². The topological polar surface area (TPSA) is 67.9 Å². The fourth-order valence-electron chi connectivity index (χ4n) is 2.96. The molecule has 27 heavy (non-hydrogen) atoms. The molecule has 1 aliphatic heterocycles. The monoisotopic (exact) mass is 408 g/mol. The summed E-state index contributed by atoms with van der Waals surface area (Å²) in [5.74, 6) is 0.159. The molecular weight excluding hydrogens is 391 g/mol. The zero-order valence-electron chi connectivity index (χ0n) is 14.8. The van der Waals surface area contributed by atoms with Crippen LogP contribution >= 0.6 is 23.2 Å². The number of ether oxygens (including phenoxy) is 2. The predicted octanol–water partition coefficient (Wildman–Crippen LogP) is 4.00. The van der Waals surface area contributed by atoms with E-state index in [4.69, 9.17) is 32.7 Å². The SMILES string of the molecule is COc1ccc(N2C[C@H](C(=O)Nc3cccc(Cl)c3Cl)CC2=O)c(OC)c1. The maximum Gasteiger partial charge on any atom is 0.229 e. The van der Waals surface area contributed by atoms with Crippen LogP contribution in [0.25, 0.3) is 0 Å². The second-order valence-electron chi connectivity index (χ2n) is 6.03. The lowest BCUT2D eigenvalue weighted by atomic mass is 10.1. The molecule has 2 aromatic rings. The molecule has 0 aliphatic carbocycles. The van der Waals surface area contributed by atoms with E-state index in [9.17, 15) is 9.59 Å². The standard InChI is InChI=1S/C19H18Cl2N2O4/c1-26-12-6-7-15(16(9-12)27-2)23-10-11(8-17(23)24)19(25)22-14-5-3-4-13(20)18(14)21/h3-7,9,11H,8,10H2,1-2H3,(H,22,25)/t11-/m1/s1. The van der Waals surface area contributed by atoms with Crippen molar-refractivity contribution in [1.29, 1.82) is 0 Å². The first kappa shape index (κ1) is 19.3. The van der Waals surface area contributed by atoms with Gasteiger partial charge in [0.2, 0.25) is 11.8 Å². The summed E-state index contributed by atoms with van der Waals surface area (Å²) in [5.41, 5.74) is 1.02. The Labute approximate surface area is 167 Å². The molecule has 0 unspecified atom stereocenters. The number of amides is 2. The number of carbonyl (C=O) groups excluding carboxylic acids is 2. The minimum Gasteiger partial charge on any atom is -0.497 e. The van der Waals surface area contributed by atoms with Gasteiger partial charge in [-0.3, -0.25) is 9.59 Å². The summed E-state index contributed by atoms with van der Waals surface area (Å²) in [4.78, 5) is 26.7. The molecule has 8 heteroatoms. The lowest BCUT2D eigenvalue weighted by Crippen LogP contribution is -2.28. The van der Waals surface area contributed by atoms with E-state index in [1.54, 1.807) is 48.4 Å². The van der Waals surface area contributed by atoms with Crippen LogP contribution in [-0.2, 0) is 9.59 Å². The van der Waals surface area contributed by atoms with Crippen LogP contribution in [0.3, 0.4) is 0 Å². The Morgan fingerprint density at radius 2 is 1.96 bits per heavy atom. The van der Waals surface area contributed by atoms with Crippen LogP contribution in [0.2, 0.25) is 10.0 Å². The van der Waals surface area contributed by atoms with Crippen molar-refractivity contribution in [3.8, 4) is 11.5 Å². The van der Waals surface area contributed by atoms with Crippen LogP contribution in [0.4, 0.5) is 11.4 Å². The number of hydrogen-bond acceptors (Lipinski definition) is 4. The second kappa shape index (κ2) is 8.06. The van der Waals surface area contributed by atoms with Crippen molar-refractivity contribution < 1.29 is 19.1 Å². The number of hydrogen-bond donors (Lipinski definition) is 1. The van der Waals surface area contributed by atoms with Crippen LogP contribution in [-0.4, -0.2) is 32.6 Å². The molecule has 1 aliphatic rings. The molecule has 1 N–H and O–H groups in total. The average Bonchev–Trinajstić information content (AvgIpc) is 3.06. The number of rotatable bonds is 5. The number of halogens is 2. The van der Waals surface area contributed by atoms with Crippen LogP contribution in [0.5, 0.6) is 11.5 Å². The number of nitrogens with zero attached hydrogens (tertiary/aromatic N) is 1. The first-order valence-electron chi connectivity index (χ1n) is 8.22. The first-order valence-corrected chi connectivity index (χ1v) is 8.97. The number of anilines is 2. The summed E-state index contributed by atoms with van der Waals surface area (Å²) in [7, 11) is 3.07. The Kier molecular flexibility index (Phi) is 5.77. The number of carbonyl (C=O) groups is 2. The summed E-state index contributed by atoms with van der Waals surface area (Å²) in [5, 5.41) is 3.36. The van der Waals surface area contributed by atoms with Crippen molar-refractivity contribution in [3.63, 3.8) is 0 Å². The third kappa shape index (κ3) is 3.96.